The molecule has 7 unspecified atom stereocenters. The second-order valence-corrected chi connectivity index (χ2v) is 13.5. The van der Waals surface area contributed by atoms with Crippen molar-refractivity contribution in [1.29, 1.82) is 0 Å². The van der Waals surface area contributed by atoms with Gasteiger partial charge in [-0.05, 0) is 44.6 Å². The van der Waals surface area contributed by atoms with E-state index in [9.17, 15) is 43.8 Å². The fourth-order valence-corrected chi connectivity index (χ4v) is 5.48. The van der Waals surface area contributed by atoms with Crippen LogP contribution in [0.4, 0.5) is 0 Å². The molecule has 23 heteroatoms. The molecule has 0 spiro atoms. The molecule has 0 saturated heterocycles. The highest BCUT2D eigenvalue weighted by Gasteiger charge is 2.35. The zero-order valence-corrected chi connectivity index (χ0v) is 32.0. The summed E-state index contributed by atoms with van der Waals surface area (Å²) in [7, 11) is 0. The standard InChI is InChI=1S/C34H56N14O9/c1-3-18(2)27(32(55)47-25(33(56)57)12-20-15-40-17-43-20)48-29(52)22(8-4-5-9-35)44-31(54)24(13-26(49)50)46-30(53)23(11-19-14-39-16-42-19)45-28(51)21(36)7-6-10-41-34(37)38/h14-18,21-25,27H,3-13,35-36H2,1-2H3,(H,39,42)(H,40,43)(H,44,54)(H,45,51)(H,46,53)(H,47,55)(H,48,52)(H,49,50)(H,56,57)(H4,37,38,41). The first-order valence-electron chi connectivity index (χ1n) is 18.5. The van der Waals surface area contributed by atoms with Gasteiger partial charge < -0.3 is 69.7 Å². The summed E-state index contributed by atoms with van der Waals surface area (Å²) < 4.78 is 0. The molecule has 0 saturated carbocycles. The van der Waals surface area contributed by atoms with Gasteiger partial charge >= 0.3 is 11.9 Å². The Bertz CT molecular complexity index is 1630. The number of hydrogen-bond acceptors (Lipinski definition) is 12. The van der Waals surface area contributed by atoms with Crippen LogP contribution in [-0.4, -0.2) is 127 Å². The number of rotatable bonds is 27. The maximum absolute atomic E-state index is 13.8. The predicted octanol–water partition coefficient (Wildman–Crippen LogP) is -3.54. The first-order chi connectivity index (χ1) is 27.1. The van der Waals surface area contributed by atoms with E-state index in [0.717, 1.165) is 0 Å². The molecule has 0 radical (unpaired) electrons. The number of unbranched alkanes of at least 4 members (excludes halogenated alkanes) is 1. The quantitative estimate of drug-likeness (QED) is 0.0236. The number of aliphatic imine (C=N–C) groups is 1. The van der Waals surface area contributed by atoms with Gasteiger partial charge in [0.25, 0.3) is 0 Å². The van der Waals surface area contributed by atoms with Crippen molar-refractivity contribution in [2.24, 2.45) is 33.8 Å². The zero-order valence-electron chi connectivity index (χ0n) is 32.0. The van der Waals surface area contributed by atoms with Crippen LogP contribution in [0.15, 0.2) is 30.0 Å². The highest BCUT2D eigenvalue weighted by Crippen LogP contribution is 2.12. The zero-order chi connectivity index (χ0) is 42.5. The topological polar surface area (TPSA) is 394 Å². The summed E-state index contributed by atoms with van der Waals surface area (Å²) in [6.45, 7) is 3.91. The fourth-order valence-electron chi connectivity index (χ4n) is 5.48. The Morgan fingerprint density at radius 1 is 0.737 bits per heavy atom. The van der Waals surface area contributed by atoms with Gasteiger partial charge in [0.2, 0.25) is 29.5 Å². The number of amides is 5. The lowest BCUT2D eigenvalue weighted by Gasteiger charge is -2.28. The van der Waals surface area contributed by atoms with Gasteiger partial charge in [0.1, 0.15) is 30.2 Å². The Kier molecular flexibility index (Phi) is 20.2. The van der Waals surface area contributed by atoms with Crippen molar-refractivity contribution >= 4 is 47.4 Å². The fraction of sp³-hybridized carbons (Fsp3) is 0.588. The Balaban J connectivity index is 2.28. The van der Waals surface area contributed by atoms with E-state index >= 15 is 0 Å². The van der Waals surface area contributed by atoms with Crippen molar-refractivity contribution in [2.75, 3.05) is 13.1 Å². The van der Waals surface area contributed by atoms with Crippen LogP contribution < -0.4 is 49.5 Å². The number of hydrogen-bond donors (Lipinski definition) is 13. The molecule has 0 aliphatic heterocycles. The third-order valence-corrected chi connectivity index (χ3v) is 8.89. The minimum Gasteiger partial charge on any atom is -0.481 e. The normalized spacial score (nSPS) is 14.7. The van der Waals surface area contributed by atoms with Crippen molar-refractivity contribution in [1.82, 2.24) is 46.5 Å². The largest absolute Gasteiger partial charge is 0.481 e. The number of nitrogens with one attached hydrogen (secondary N) is 7. The van der Waals surface area contributed by atoms with Crippen molar-refractivity contribution in [2.45, 2.75) is 108 Å². The van der Waals surface area contributed by atoms with Gasteiger partial charge in [0, 0.05) is 43.2 Å². The van der Waals surface area contributed by atoms with Gasteiger partial charge in [-0.15, -0.1) is 0 Å². The number of nitrogens with two attached hydrogens (primary N) is 4. The summed E-state index contributed by atoms with van der Waals surface area (Å²) in [4.78, 5) is 109. The van der Waals surface area contributed by atoms with Crippen LogP contribution in [0.25, 0.3) is 0 Å². The second kappa shape index (κ2) is 24.4. The van der Waals surface area contributed by atoms with E-state index in [2.05, 4.69) is 51.5 Å². The third-order valence-electron chi connectivity index (χ3n) is 8.89. The summed E-state index contributed by atoms with van der Waals surface area (Å²) in [5, 5.41) is 31.9. The molecule has 0 aromatic carbocycles. The van der Waals surface area contributed by atoms with Gasteiger partial charge in [0.05, 0.1) is 25.1 Å². The van der Waals surface area contributed by atoms with Crippen LogP contribution >= 0.6 is 0 Å². The monoisotopic (exact) mass is 804 g/mol. The number of carbonyl (C=O) groups excluding carboxylic acids is 5. The number of imidazole rings is 2. The van der Waals surface area contributed by atoms with Crippen molar-refractivity contribution in [3.63, 3.8) is 0 Å². The Hall–Kier alpha value is -6.10. The summed E-state index contributed by atoms with van der Waals surface area (Å²) in [6, 6.07) is -8.10. The molecule has 2 aromatic heterocycles. The van der Waals surface area contributed by atoms with Gasteiger partial charge in [0.15, 0.2) is 5.96 Å². The number of H-pyrrole nitrogens is 2. The van der Waals surface area contributed by atoms with Crippen LogP contribution in [0.1, 0.15) is 70.2 Å². The highest BCUT2D eigenvalue weighted by molar-refractivity contribution is 5.97. The molecule has 0 aliphatic carbocycles. The van der Waals surface area contributed by atoms with Gasteiger partial charge in [-0.3, -0.25) is 33.8 Å². The van der Waals surface area contributed by atoms with E-state index in [-0.39, 0.29) is 44.7 Å². The number of guanidine groups is 1. The Labute approximate surface area is 328 Å². The van der Waals surface area contributed by atoms with Crippen molar-refractivity contribution < 1.29 is 43.8 Å². The third kappa shape index (κ3) is 17.1. The lowest BCUT2D eigenvalue weighted by atomic mass is 9.96. The first-order valence-corrected chi connectivity index (χ1v) is 18.5. The minimum atomic E-state index is -1.73. The number of aromatic amines is 2. The number of aliphatic carboxylic acids is 2. The molecule has 57 heavy (non-hydrogen) atoms. The maximum Gasteiger partial charge on any atom is 0.326 e. The van der Waals surface area contributed by atoms with Crippen LogP contribution in [0.3, 0.4) is 0 Å². The van der Waals surface area contributed by atoms with E-state index in [4.69, 9.17) is 22.9 Å². The average Bonchev–Trinajstić information content (AvgIpc) is 3.88. The SMILES string of the molecule is CCC(C)C(NC(=O)C(CCCCN)NC(=O)C(CC(=O)O)NC(=O)C(Cc1cnc[nH]1)NC(=O)C(N)CCCN=C(N)N)C(=O)NC(Cc1cnc[nH]1)C(=O)O. The molecular weight excluding hydrogens is 748 g/mol. The molecule has 0 aliphatic rings. The van der Waals surface area contributed by atoms with Crippen molar-refractivity contribution in [3.05, 3.63) is 36.4 Å². The van der Waals surface area contributed by atoms with Crippen LogP contribution in [-0.2, 0) is 46.4 Å². The molecule has 2 rings (SSSR count). The van der Waals surface area contributed by atoms with Crippen LogP contribution in [0.5, 0.6) is 0 Å². The first kappa shape index (κ1) is 47.1. The molecule has 17 N–H and O–H groups in total. The van der Waals surface area contributed by atoms with Gasteiger partial charge in [-0.2, -0.15) is 0 Å². The number of aromatic nitrogens is 4. The Morgan fingerprint density at radius 3 is 1.81 bits per heavy atom. The molecular formula is C34H56N14O9. The van der Waals surface area contributed by atoms with Gasteiger partial charge in [-0.1, -0.05) is 20.3 Å². The van der Waals surface area contributed by atoms with E-state index < -0.39 is 90.1 Å². The number of nitrogens with zero attached hydrogens (tertiary/aromatic N) is 3. The number of carbonyl (C=O) groups is 7. The molecule has 23 nitrogen and oxygen atoms in total. The van der Waals surface area contributed by atoms with E-state index in [0.29, 0.717) is 37.1 Å². The summed E-state index contributed by atoms with van der Waals surface area (Å²) >= 11 is 0. The minimum absolute atomic E-state index is 0.00844. The van der Waals surface area contributed by atoms with E-state index in [1.165, 1.54) is 25.0 Å². The maximum atomic E-state index is 13.8. The molecule has 316 valence electrons. The van der Waals surface area contributed by atoms with Crippen LogP contribution in [0, 0.1) is 5.92 Å². The number of carboxylic acids is 2. The molecule has 0 fully saturated rings. The number of carboxylic acid groups (broad SMARTS) is 2. The second-order valence-electron chi connectivity index (χ2n) is 13.5. The van der Waals surface area contributed by atoms with E-state index in [1.54, 1.807) is 13.8 Å². The molecule has 5 amide bonds. The van der Waals surface area contributed by atoms with Gasteiger partial charge in [-0.25, -0.2) is 14.8 Å². The molecule has 0 bridgehead atoms. The lowest BCUT2D eigenvalue weighted by molar-refractivity contribution is -0.142. The average molecular weight is 805 g/mol. The Morgan fingerprint density at radius 2 is 1.28 bits per heavy atom. The smallest absolute Gasteiger partial charge is 0.326 e. The van der Waals surface area contributed by atoms with E-state index in [1.807, 2.05) is 0 Å². The van der Waals surface area contributed by atoms with Crippen molar-refractivity contribution in [3.8, 4) is 0 Å². The highest BCUT2D eigenvalue weighted by atomic mass is 16.4. The lowest BCUT2D eigenvalue weighted by Crippen LogP contribution is -2.60. The summed E-state index contributed by atoms with van der Waals surface area (Å²) in [5.74, 6) is -7.71. The molecule has 2 aromatic rings. The van der Waals surface area contributed by atoms with Crippen LogP contribution in [0.2, 0.25) is 0 Å². The molecule has 2 heterocycles. The summed E-state index contributed by atoms with van der Waals surface area (Å²) in [6.07, 6.45) is 6.05. The predicted molar refractivity (Wildman–Crippen MR) is 204 cm³/mol. The molecule has 7 atom stereocenters. The summed E-state index contributed by atoms with van der Waals surface area (Å²) in [5.41, 5.74) is 23.2.